The van der Waals surface area contributed by atoms with Gasteiger partial charge >= 0.3 is 0 Å². The van der Waals surface area contributed by atoms with Crippen molar-refractivity contribution in [1.29, 1.82) is 0 Å². The minimum absolute atomic E-state index is 0.138. The molecular weight excluding hydrogens is 334 g/mol. The van der Waals surface area contributed by atoms with E-state index in [0.717, 1.165) is 47.8 Å². The number of hydrogen-bond donors (Lipinski definition) is 0. The topological polar surface area (TPSA) is 36.4 Å². The Morgan fingerprint density at radius 2 is 2.04 bits per heavy atom. The summed E-state index contributed by atoms with van der Waals surface area (Å²) in [5.74, 6) is 0.138. The number of carbonyl (C=O) groups excluding carboxylic acids is 1. The lowest BCUT2D eigenvalue weighted by Gasteiger charge is -2.25. The van der Waals surface area contributed by atoms with E-state index in [1.165, 1.54) is 0 Å². The highest BCUT2D eigenvalue weighted by atomic mass is 35.5. The molecule has 25 heavy (non-hydrogen) atoms. The van der Waals surface area contributed by atoms with Crippen molar-refractivity contribution in [2.75, 3.05) is 27.2 Å². The average molecular weight is 358 g/mol. The molecule has 1 saturated heterocycles. The average Bonchev–Trinajstić information content (AvgIpc) is 3.05. The number of carbonyl (C=O) groups is 1. The fourth-order valence-corrected chi connectivity index (χ4v) is 3.49. The van der Waals surface area contributed by atoms with Crippen LogP contribution in [0.3, 0.4) is 0 Å². The summed E-state index contributed by atoms with van der Waals surface area (Å²) in [7, 11) is 3.60. The van der Waals surface area contributed by atoms with Gasteiger partial charge in [0.05, 0.1) is 18.3 Å². The van der Waals surface area contributed by atoms with Gasteiger partial charge in [-0.1, -0.05) is 35.9 Å². The molecule has 0 bridgehead atoms. The largest absolute Gasteiger partial charge is 0.348 e. The maximum Gasteiger partial charge on any atom is 0.236 e. The van der Waals surface area contributed by atoms with Gasteiger partial charge in [0.15, 0.2) is 0 Å². The lowest BCUT2D eigenvalue weighted by molar-refractivity contribution is -0.130. The predicted molar refractivity (Wildman–Crippen MR) is 101 cm³/mol. The third-order valence-corrected chi connectivity index (χ3v) is 5.07. The Morgan fingerprint density at radius 3 is 2.80 bits per heavy atom. The molecule has 4 nitrogen and oxygen atoms in total. The lowest BCUT2D eigenvalue weighted by Crippen LogP contribution is -2.36. The Bertz CT molecular complexity index is 747. The van der Waals surface area contributed by atoms with Gasteiger partial charge in [-0.05, 0) is 43.1 Å². The molecule has 1 aromatic heterocycles. The Hall–Kier alpha value is -1.91. The molecule has 132 valence electrons. The van der Waals surface area contributed by atoms with Crippen LogP contribution in [0.2, 0.25) is 5.02 Å². The van der Waals surface area contributed by atoms with E-state index >= 15 is 0 Å². The fourth-order valence-electron chi connectivity index (χ4n) is 3.28. The number of amides is 1. The van der Waals surface area contributed by atoms with Crippen molar-refractivity contribution in [2.24, 2.45) is 0 Å². The third-order valence-electron chi connectivity index (χ3n) is 4.70. The summed E-state index contributed by atoms with van der Waals surface area (Å²) in [6.45, 7) is 1.40. The highest BCUT2D eigenvalue weighted by Gasteiger charge is 2.29. The third kappa shape index (κ3) is 4.39. The van der Waals surface area contributed by atoms with Gasteiger partial charge in [0, 0.05) is 31.2 Å². The maximum absolute atomic E-state index is 12.1. The first kappa shape index (κ1) is 17.9. The quantitative estimate of drug-likeness (QED) is 0.821. The Balaban J connectivity index is 1.76. The molecule has 0 saturated carbocycles. The molecular formula is C20H24ClN3O. The van der Waals surface area contributed by atoms with Gasteiger partial charge in [0.2, 0.25) is 5.91 Å². The number of rotatable bonds is 5. The van der Waals surface area contributed by atoms with Gasteiger partial charge < -0.3 is 4.90 Å². The number of likely N-dealkylation sites (tertiary alicyclic amines) is 1. The Morgan fingerprint density at radius 1 is 1.24 bits per heavy atom. The minimum Gasteiger partial charge on any atom is -0.348 e. The number of benzene rings is 1. The number of aromatic nitrogens is 1. The predicted octanol–water partition coefficient (Wildman–Crippen LogP) is 3.55. The lowest BCUT2D eigenvalue weighted by atomic mass is 10.1. The van der Waals surface area contributed by atoms with Crippen molar-refractivity contribution in [3.05, 3.63) is 64.4 Å². The minimum atomic E-state index is 0.138. The van der Waals surface area contributed by atoms with Crippen LogP contribution in [0.5, 0.6) is 0 Å². The van der Waals surface area contributed by atoms with Gasteiger partial charge in [0.25, 0.3) is 0 Å². The fraction of sp³-hybridized carbons (Fsp3) is 0.400. The van der Waals surface area contributed by atoms with Gasteiger partial charge in [-0.25, -0.2) is 0 Å². The highest BCUT2D eigenvalue weighted by Crippen LogP contribution is 2.31. The molecule has 0 unspecified atom stereocenters. The van der Waals surface area contributed by atoms with Crippen LogP contribution < -0.4 is 0 Å². The molecule has 5 heteroatoms. The van der Waals surface area contributed by atoms with E-state index in [1.54, 1.807) is 19.0 Å². The molecule has 0 radical (unpaired) electrons. The van der Waals surface area contributed by atoms with Crippen LogP contribution in [-0.2, 0) is 11.2 Å². The summed E-state index contributed by atoms with van der Waals surface area (Å²) in [5, 5.41) is 0.772. The van der Waals surface area contributed by atoms with Crippen molar-refractivity contribution >= 4 is 17.5 Å². The number of halogens is 1. The van der Waals surface area contributed by atoms with E-state index in [1.807, 2.05) is 30.3 Å². The number of hydrogen-bond acceptors (Lipinski definition) is 3. The summed E-state index contributed by atoms with van der Waals surface area (Å²) < 4.78 is 0. The molecule has 3 rings (SSSR count). The summed E-state index contributed by atoms with van der Waals surface area (Å²) in [5.41, 5.74) is 3.14. The molecule has 0 N–H and O–H groups in total. The maximum atomic E-state index is 12.1. The van der Waals surface area contributed by atoms with Crippen molar-refractivity contribution in [3.63, 3.8) is 0 Å². The van der Waals surface area contributed by atoms with E-state index in [9.17, 15) is 4.79 Å². The summed E-state index contributed by atoms with van der Waals surface area (Å²) in [6.07, 6.45) is 2.86. The molecule has 1 fully saturated rings. The first-order valence-corrected chi connectivity index (χ1v) is 9.06. The van der Waals surface area contributed by atoms with Crippen molar-refractivity contribution in [1.82, 2.24) is 14.8 Å². The first-order chi connectivity index (χ1) is 12.0. The number of pyridine rings is 1. The summed E-state index contributed by atoms with van der Waals surface area (Å²) >= 11 is 6.27. The van der Waals surface area contributed by atoms with E-state index in [2.05, 4.69) is 17.0 Å². The molecule has 1 aliphatic heterocycles. The number of nitrogens with zero attached hydrogens (tertiary/aromatic N) is 3. The first-order valence-electron chi connectivity index (χ1n) is 8.68. The molecule has 1 aliphatic rings. The molecule has 1 aromatic carbocycles. The summed E-state index contributed by atoms with van der Waals surface area (Å²) in [6, 6.07) is 14.3. The van der Waals surface area contributed by atoms with Crippen LogP contribution in [-0.4, -0.2) is 47.9 Å². The molecule has 0 aliphatic carbocycles. The second-order valence-corrected chi connectivity index (χ2v) is 7.15. The van der Waals surface area contributed by atoms with Gasteiger partial charge in [0.1, 0.15) is 0 Å². The van der Waals surface area contributed by atoms with Gasteiger partial charge in [-0.3, -0.25) is 14.7 Å². The van der Waals surface area contributed by atoms with Gasteiger partial charge in [-0.15, -0.1) is 0 Å². The zero-order chi connectivity index (χ0) is 17.8. The Labute approximate surface area is 154 Å². The highest BCUT2D eigenvalue weighted by molar-refractivity contribution is 6.31. The number of likely N-dealkylation sites (N-methyl/N-ethyl adjacent to an activating group) is 1. The second-order valence-electron chi connectivity index (χ2n) is 6.74. The van der Waals surface area contributed by atoms with Crippen LogP contribution in [0.25, 0.3) is 0 Å². The molecule has 2 heterocycles. The van der Waals surface area contributed by atoms with Crippen molar-refractivity contribution in [2.45, 2.75) is 25.3 Å². The smallest absolute Gasteiger partial charge is 0.236 e. The molecule has 0 spiro atoms. The van der Waals surface area contributed by atoms with Crippen molar-refractivity contribution in [3.8, 4) is 0 Å². The van der Waals surface area contributed by atoms with Gasteiger partial charge in [-0.2, -0.15) is 0 Å². The monoisotopic (exact) mass is 357 g/mol. The van der Waals surface area contributed by atoms with E-state index in [0.29, 0.717) is 6.54 Å². The zero-order valence-electron chi connectivity index (χ0n) is 14.8. The van der Waals surface area contributed by atoms with E-state index in [-0.39, 0.29) is 11.9 Å². The van der Waals surface area contributed by atoms with Crippen LogP contribution in [0.4, 0.5) is 0 Å². The van der Waals surface area contributed by atoms with Crippen molar-refractivity contribution < 1.29 is 4.79 Å². The normalized spacial score (nSPS) is 17.6. The van der Waals surface area contributed by atoms with E-state index < -0.39 is 0 Å². The molecule has 1 atom stereocenters. The van der Waals surface area contributed by atoms with Crippen LogP contribution in [0.1, 0.15) is 35.8 Å². The van der Waals surface area contributed by atoms with E-state index in [4.69, 9.17) is 16.6 Å². The second kappa shape index (κ2) is 7.98. The molecule has 2 aromatic rings. The Kier molecular flexibility index (Phi) is 5.71. The summed E-state index contributed by atoms with van der Waals surface area (Å²) in [4.78, 5) is 20.8. The van der Waals surface area contributed by atoms with Crippen LogP contribution >= 0.6 is 11.6 Å². The van der Waals surface area contributed by atoms with Crippen LogP contribution in [0, 0.1) is 0 Å². The zero-order valence-corrected chi connectivity index (χ0v) is 15.5. The standard InChI is InChI=1S/C20H24ClN3O/c1-23(2)20(25)14-24-12-6-11-19(24)18-10-5-8-16(22-18)13-15-7-3-4-9-17(15)21/h3-5,7-10,19H,6,11-14H2,1-2H3/t19-/m1/s1. The SMILES string of the molecule is CN(C)C(=O)CN1CCC[C@@H]1c1cccc(Cc2ccccc2Cl)n1. The van der Waals surface area contributed by atoms with Crippen LogP contribution in [0.15, 0.2) is 42.5 Å². The molecule has 1 amide bonds.